The van der Waals surface area contributed by atoms with E-state index in [4.69, 9.17) is 14.2 Å². The summed E-state index contributed by atoms with van der Waals surface area (Å²) < 4.78 is 16.5. The lowest BCUT2D eigenvalue weighted by molar-refractivity contribution is -0.117. The van der Waals surface area contributed by atoms with Crippen LogP contribution in [0.3, 0.4) is 0 Å². The molecule has 3 heterocycles. The summed E-state index contributed by atoms with van der Waals surface area (Å²) in [6.45, 7) is 6.65. The third-order valence-corrected chi connectivity index (χ3v) is 7.53. The molecule has 0 aliphatic carbocycles. The second kappa shape index (κ2) is 12.0. The third-order valence-electron chi connectivity index (χ3n) is 7.53. The van der Waals surface area contributed by atoms with Crippen LogP contribution in [0.4, 0.5) is 11.5 Å². The van der Waals surface area contributed by atoms with Gasteiger partial charge in [-0.1, -0.05) is 23.8 Å². The first-order valence-electron chi connectivity index (χ1n) is 13.4. The number of methoxy groups -OCH3 is 3. The Kier molecular flexibility index (Phi) is 8.22. The standard InChI is InChI=1S/C29H36N6O5/c1-19-5-8-21(9-6-19)35-12-11-22-25(29(35)37)31-32-28(22)30-24(36)18-34-15-13-33(14-16-34)17-20-7-10-23(38-2)27(40-4)26(20)39-3/h5-10H,11-18H2,1-4H3,(H2,30,31,32,36). The number of nitrogens with zero attached hydrogens (tertiary/aromatic N) is 4. The van der Waals surface area contributed by atoms with E-state index in [0.29, 0.717) is 48.3 Å². The molecule has 0 radical (unpaired) electrons. The summed E-state index contributed by atoms with van der Waals surface area (Å²) >= 11 is 0. The minimum Gasteiger partial charge on any atom is -0.493 e. The number of aromatic nitrogens is 2. The quantitative estimate of drug-likeness (QED) is 0.420. The van der Waals surface area contributed by atoms with Crippen molar-refractivity contribution in [3.05, 3.63) is 58.8 Å². The Morgan fingerprint density at radius 3 is 2.30 bits per heavy atom. The zero-order valence-corrected chi connectivity index (χ0v) is 23.5. The van der Waals surface area contributed by atoms with Gasteiger partial charge in [0.2, 0.25) is 11.7 Å². The highest BCUT2D eigenvalue weighted by Crippen LogP contribution is 2.40. The van der Waals surface area contributed by atoms with Crippen molar-refractivity contribution < 1.29 is 23.8 Å². The lowest BCUT2D eigenvalue weighted by Crippen LogP contribution is -2.48. The number of carbonyl (C=O) groups is 2. The molecule has 0 atom stereocenters. The molecule has 2 aliphatic rings. The van der Waals surface area contributed by atoms with E-state index >= 15 is 0 Å². The van der Waals surface area contributed by atoms with E-state index in [2.05, 4.69) is 25.3 Å². The first kappa shape index (κ1) is 27.5. The molecule has 0 saturated carbocycles. The zero-order chi connectivity index (χ0) is 28.2. The van der Waals surface area contributed by atoms with Crippen molar-refractivity contribution in [2.45, 2.75) is 19.9 Å². The van der Waals surface area contributed by atoms with Gasteiger partial charge in [0.05, 0.1) is 27.9 Å². The van der Waals surface area contributed by atoms with E-state index < -0.39 is 0 Å². The molecule has 2 N–H and O–H groups in total. The molecule has 5 rings (SSSR count). The van der Waals surface area contributed by atoms with Gasteiger partial charge < -0.3 is 24.4 Å². The van der Waals surface area contributed by atoms with Gasteiger partial charge in [-0.2, -0.15) is 5.10 Å². The van der Waals surface area contributed by atoms with Gasteiger partial charge in [-0.3, -0.25) is 24.5 Å². The minimum absolute atomic E-state index is 0.139. The number of ether oxygens (including phenoxy) is 3. The van der Waals surface area contributed by atoms with Crippen LogP contribution in [0.2, 0.25) is 0 Å². The van der Waals surface area contributed by atoms with E-state index in [-0.39, 0.29) is 18.4 Å². The molecule has 0 spiro atoms. The van der Waals surface area contributed by atoms with E-state index in [1.807, 2.05) is 43.3 Å². The molecule has 0 bridgehead atoms. The summed E-state index contributed by atoms with van der Waals surface area (Å²) in [4.78, 5) is 32.2. The summed E-state index contributed by atoms with van der Waals surface area (Å²) in [7, 11) is 4.83. The Labute approximate surface area is 234 Å². The Bertz CT molecular complexity index is 1360. The number of amides is 2. The number of hydrogen-bond acceptors (Lipinski definition) is 8. The number of nitrogens with one attached hydrogen (secondary N) is 2. The molecule has 2 aliphatic heterocycles. The van der Waals surface area contributed by atoms with Crippen LogP contribution in [0.15, 0.2) is 36.4 Å². The molecule has 212 valence electrons. The monoisotopic (exact) mass is 548 g/mol. The van der Waals surface area contributed by atoms with Gasteiger partial charge in [-0.25, -0.2) is 0 Å². The van der Waals surface area contributed by atoms with Crippen LogP contribution in [0.5, 0.6) is 17.2 Å². The van der Waals surface area contributed by atoms with Gasteiger partial charge >= 0.3 is 0 Å². The fourth-order valence-corrected chi connectivity index (χ4v) is 5.33. The highest BCUT2D eigenvalue weighted by atomic mass is 16.5. The van der Waals surface area contributed by atoms with Crippen molar-refractivity contribution >= 4 is 23.3 Å². The summed E-state index contributed by atoms with van der Waals surface area (Å²) in [5.74, 6) is 2.05. The molecule has 1 aromatic heterocycles. The van der Waals surface area contributed by atoms with Gasteiger partial charge in [0.1, 0.15) is 5.69 Å². The molecule has 2 amide bonds. The second-order valence-corrected chi connectivity index (χ2v) is 10.1. The SMILES string of the molecule is COc1ccc(CN2CCN(CC(=O)Nc3n[nH]c4c3CCN(c3ccc(C)cc3)C4=O)CC2)c(OC)c1OC. The van der Waals surface area contributed by atoms with Crippen LogP contribution in [0.25, 0.3) is 0 Å². The maximum absolute atomic E-state index is 13.1. The number of H-pyrrole nitrogens is 1. The first-order chi connectivity index (χ1) is 19.4. The first-order valence-corrected chi connectivity index (χ1v) is 13.4. The second-order valence-electron chi connectivity index (χ2n) is 10.1. The average molecular weight is 549 g/mol. The highest BCUT2D eigenvalue weighted by Gasteiger charge is 2.31. The van der Waals surface area contributed by atoms with Gasteiger partial charge in [-0.15, -0.1) is 0 Å². The Balaban J connectivity index is 1.14. The fraction of sp³-hybridized carbons (Fsp3) is 0.414. The molecule has 11 heteroatoms. The maximum Gasteiger partial charge on any atom is 0.276 e. The number of fused-ring (bicyclic) bond motifs is 1. The molecule has 0 unspecified atom stereocenters. The molecular formula is C29H36N6O5. The average Bonchev–Trinajstić information content (AvgIpc) is 3.37. The smallest absolute Gasteiger partial charge is 0.276 e. The predicted molar refractivity (Wildman–Crippen MR) is 152 cm³/mol. The fourth-order valence-electron chi connectivity index (χ4n) is 5.33. The van der Waals surface area contributed by atoms with Crippen molar-refractivity contribution in [2.24, 2.45) is 0 Å². The van der Waals surface area contributed by atoms with Crippen LogP contribution in [0, 0.1) is 6.92 Å². The lowest BCUT2D eigenvalue weighted by atomic mass is 10.0. The van der Waals surface area contributed by atoms with Crippen LogP contribution in [-0.2, 0) is 17.8 Å². The van der Waals surface area contributed by atoms with Gasteiger partial charge in [0.15, 0.2) is 17.3 Å². The van der Waals surface area contributed by atoms with Crippen molar-refractivity contribution in [3.8, 4) is 17.2 Å². The summed E-state index contributed by atoms with van der Waals surface area (Å²) in [5.41, 5.74) is 4.20. The maximum atomic E-state index is 13.1. The Morgan fingerprint density at radius 2 is 1.62 bits per heavy atom. The summed E-state index contributed by atoms with van der Waals surface area (Å²) in [6, 6.07) is 11.8. The molecule has 1 saturated heterocycles. The van der Waals surface area contributed by atoms with Crippen LogP contribution < -0.4 is 24.4 Å². The van der Waals surface area contributed by atoms with Crippen LogP contribution in [0.1, 0.15) is 27.2 Å². The van der Waals surface area contributed by atoms with E-state index in [1.54, 1.807) is 26.2 Å². The number of benzene rings is 2. The number of anilines is 2. The predicted octanol–water partition coefficient (Wildman–Crippen LogP) is 2.70. The topological polar surface area (TPSA) is 112 Å². The van der Waals surface area contributed by atoms with Crippen molar-refractivity contribution in [2.75, 3.05) is 70.8 Å². The van der Waals surface area contributed by atoms with Crippen LogP contribution >= 0.6 is 0 Å². The molecule has 1 fully saturated rings. The van der Waals surface area contributed by atoms with E-state index in [1.165, 1.54) is 0 Å². The molecule has 2 aromatic carbocycles. The number of rotatable bonds is 9. The largest absolute Gasteiger partial charge is 0.493 e. The number of piperazine rings is 1. The third kappa shape index (κ3) is 5.61. The summed E-state index contributed by atoms with van der Waals surface area (Å²) in [5, 5.41) is 10.0. The molecular weight excluding hydrogens is 512 g/mol. The highest BCUT2D eigenvalue weighted by molar-refractivity contribution is 6.08. The number of aromatic amines is 1. The van der Waals surface area contributed by atoms with Crippen LogP contribution in [-0.4, -0.2) is 92.4 Å². The molecule has 40 heavy (non-hydrogen) atoms. The van der Waals surface area contributed by atoms with Gasteiger partial charge in [0, 0.05) is 56.1 Å². The Hall–Kier alpha value is -4.09. The minimum atomic E-state index is -0.141. The number of hydrogen-bond donors (Lipinski definition) is 2. The van der Waals surface area contributed by atoms with Crippen molar-refractivity contribution in [3.63, 3.8) is 0 Å². The molecule has 3 aromatic rings. The Morgan fingerprint density at radius 1 is 0.925 bits per heavy atom. The number of carbonyl (C=O) groups excluding carboxylic acids is 2. The van der Waals surface area contributed by atoms with E-state index in [0.717, 1.165) is 48.6 Å². The number of aryl methyl sites for hydroxylation is 1. The molecule has 11 nitrogen and oxygen atoms in total. The summed E-state index contributed by atoms with van der Waals surface area (Å²) in [6.07, 6.45) is 0.610. The normalized spacial score (nSPS) is 16.0. The van der Waals surface area contributed by atoms with Gasteiger partial charge in [-0.05, 0) is 31.5 Å². The zero-order valence-electron chi connectivity index (χ0n) is 23.5. The van der Waals surface area contributed by atoms with Crippen molar-refractivity contribution in [1.82, 2.24) is 20.0 Å². The van der Waals surface area contributed by atoms with Crippen molar-refractivity contribution in [1.29, 1.82) is 0 Å². The van der Waals surface area contributed by atoms with Gasteiger partial charge in [0.25, 0.3) is 5.91 Å². The lowest BCUT2D eigenvalue weighted by Gasteiger charge is -2.34. The van der Waals surface area contributed by atoms with E-state index in [9.17, 15) is 9.59 Å².